The Morgan fingerprint density at radius 1 is 1.43 bits per heavy atom. The lowest BCUT2D eigenvalue weighted by Gasteiger charge is -2.09. The van der Waals surface area contributed by atoms with Crippen LogP contribution < -0.4 is 5.32 Å². The summed E-state index contributed by atoms with van der Waals surface area (Å²) in [6.45, 7) is 5.08. The van der Waals surface area contributed by atoms with Gasteiger partial charge in [-0.05, 0) is 50.8 Å². The first-order valence-electron chi connectivity index (χ1n) is 7.14. The molecule has 1 amide bonds. The first kappa shape index (κ1) is 14.1. The summed E-state index contributed by atoms with van der Waals surface area (Å²) in [6, 6.07) is 5.36. The van der Waals surface area contributed by atoms with Gasteiger partial charge in [0.2, 0.25) is 0 Å². The summed E-state index contributed by atoms with van der Waals surface area (Å²) in [6.07, 6.45) is 4.16. The van der Waals surface area contributed by atoms with Gasteiger partial charge in [-0.1, -0.05) is 11.6 Å². The van der Waals surface area contributed by atoms with Crippen molar-refractivity contribution in [3.63, 3.8) is 0 Å². The number of amides is 1. The van der Waals surface area contributed by atoms with Crippen molar-refractivity contribution in [3.05, 3.63) is 46.5 Å². The minimum absolute atomic E-state index is 0.103. The molecule has 1 aliphatic carbocycles. The molecule has 21 heavy (non-hydrogen) atoms. The molecule has 0 unspecified atom stereocenters. The van der Waals surface area contributed by atoms with Gasteiger partial charge in [0, 0.05) is 17.9 Å². The van der Waals surface area contributed by atoms with Crippen LogP contribution in [0.15, 0.2) is 24.4 Å². The van der Waals surface area contributed by atoms with Gasteiger partial charge in [0.15, 0.2) is 0 Å². The normalized spacial score (nSPS) is 14.2. The zero-order valence-corrected chi connectivity index (χ0v) is 12.9. The minimum Gasteiger partial charge on any atom is -0.348 e. The molecule has 0 atom stereocenters. The van der Waals surface area contributed by atoms with Gasteiger partial charge in [-0.15, -0.1) is 0 Å². The van der Waals surface area contributed by atoms with E-state index in [1.807, 2.05) is 13.0 Å². The average molecular weight is 304 g/mol. The summed E-state index contributed by atoms with van der Waals surface area (Å²) in [5, 5.41) is 3.27. The summed E-state index contributed by atoms with van der Waals surface area (Å²) >= 11 is 5.74. The molecule has 110 valence electrons. The number of aryl methyl sites for hydroxylation is 1. The Morgan fingerprint density at radius 3 is 2.81 bits per heavy atom. The van der Waals surface area contributed by atoms with E-state index in [2.05, 4.69) is 21.8 Å². The van der Waals surface area contributed by atoms with Crippen LogP contribution in [0.1, 0.15) is 34.6 Å². The summed E-state index contributed by atoms with van der Waals surface area (Å²) in [5.74, 6) is 0.681. The van der Waals surface area contributed by atoms with Gasteiger partial charge in [-0.2, -0.15) is 0 Å². The molecule has 0 radical (unpaired) electrons. The Labute approximate surface area is 129 Å². The molecule has 3 rings (SSSR count). The van der Waals surface area contributed by atoms with E-state index in [1.54, 1.807) is 18.3 Å². The molecule has 1 saturated carbocycles. The molecule has 1 N–H and O–H groups in total. The van der Waals surface area contributed by atoms with Crippen LogP contribution >= 0.6 is 11.6 Å². The van der Waals surface area contributed by atoms with E-state index in [0.717, 1.165) is 29.4 Å². The highest BCUT2D eigenvalue weighted by molar-refractivity contribution is 6.29. The van der Waals surface area contributed by atoms with Crippen LogP contribution in [0.3, 0.4) is 0 Å². The fourth-order valence-electron chi connectivity index (χ4n) is 2.52. The predicted octanol–water partition coefficient (Wildman–Crippen LogP) is 3.82. The van der Waals surface area contributed by atoms with Crippen molar-refractivity contribution in [1.82, 2.24) is 9.55 Å². The van der Waals surface area contributed by atoms with Crippen LogP contribution in [0.4, 0.5) is 5.69 Å². The number of aromatic nitrogens is 2. The van der Waals surface area contributed by atoms with Crippen molar-refractivity contribution >= 4 is 23.2 Å². The summed E-state index contributed by atoms with van der Waals surface area (Å²) in [5.41, 5.74) is 3.54. The van der Waals surface area contributed by atoms with Crippen molar-refractivity contribution in [1.29, 1.82) is 0 Å². The molecule has 5 heteroatoms. The summed E-state index contributed by atoms with van der Waals surface area (Å²) in [4.78, 5) is 16.4. The third kappa shape index (κ3) is 3.10. The molecule has 2 aromatic rings. The highest BCUT2D eigenvalue weighted by Gasteiger charge is 2.24. The molecule has 1 aliphatic rings. The van der Waals surface area contributed by atoms with Gasteiger partial charge >= 0.3 is 0 Å². The van der Waals surface area contributed by atoms with Crippen molar-refractivity contribution in [2.45, 2.75) is 33.2 Å². The van der Waals surface area contributed by atoms with Crippen LogP contribution in [-0.2, 0) is 6.54 Å². The molecule has 0 spiro atoms. The Balaban J connectivity index is 1.79. The number of hydrogen-bond donors (Lipinski definition) is 1. The number of nitrogens with zero attached hydrogens (tertiary/aromatic N) is 2. The molecule has 0 saturated heterocycles. The first-order chi connectivity index (χ1) is 10.0. The van der Waals surface area contributed by atoms with Gasteiger partial charge in [-0.3, -0.25) is 4.79 Å². The fraction of sp³-hybridized carbons (Fsp3) is 0.375. The standard InChI is InChI=1S/C16H18ClN3O/c1-10-7-14(11(2)20(10)9-12-3-4-12)16(21)19-13-5-6-15(17)18-8-13/h5-8,12H,3-4,9H2,1-2H3,(H,19,21). The lowest BCUT2D eigenvalue weighted by Crippen LogP contribution is -2.13. The number of rotatable bonds is 4. The van der Waals surface area contributed by atoms with Crippen molar-refractivity contribution in [2.75, 3.05) is 5.32 Å². The maximum absolute atomic E-state index is 12.4. The quantitative estimate of drug-likeness (QED) is 0.873. The molecule has 2 aromatic heterocycles. The van der Waals surface area contributed by atoms with E-state index >= 15 is 0 Å². The highest BCUT2D eigenvalue weighted by atomic mass is 35.5. The van der Waals surface area contributed by atoms with E-state index in [1.165, 1.54) is 12.8 Å². The summed E-state index contributed by atoms with van der Waals surface area (Å²) < 4.78 is 2.24. The fourth-order valence-corrected chi connectivity index (χ4v) is 2.63. The van der Waals surface area contributed by atoms with Gasteiger partial charge in [-0.25, -0.2) is 4.98 Å². The predicted molar refractivity (Wildman–Crippen MR) is 83.8 cm³/mol. The van der Waals surface area contributed by atoms with Crippen LogP contribution in [-0.4, -0.2) is 15.5 Å². The molecule has 0 aromatic carbocycles. The Bertz CT molecular complexity index is 672. The van der Waals surface area contributed by atoms with E-state index in [0.29, 0.717) is 10.8 Å². The van der Waals surface area contributed by atoms with E-state index in [-0.39, 0.29) is 5.91 Å². The molecular weight excluding hydrogens is 286 g/mol. The van der Waals surface area contributed by atoms with Crippen LogP contribution in [0, 0.1) is 19.8 Å². The third-order valence-electron chi connectivity index (χ3n) is 3.94. The third-order valence-corrected chi connectivity index (χ3v) is 4.16. The number of hydrogen-bond acceptors (Lipinski definition) is 2. The van der Waals surface area contributed by atoms with Gasteiger partial charge in [0.1, 0.15) is 5.15 Å². The molecular formula is C16H18ClN3O. The highest BCUT2D eigenvalue weighted by Crippen LogP contribution is 2.32. The van der Waals surface area contributed by atoms with Gasteiger partial charge in [0.05, 0.1) is 17.4 Å². The molecule has 1 fully saturated rings. The molecule has 2 heterocycles. The number of pyridine rings is 1. The SMILES string of the molecule is Cc1cc(C(=O)Nc2ccc(Cl)nc2)c(C)n1CC1CC1. The zero-order valence-electron chi connectivity index (χ0n) is 12.2. The smallest absolute Gasteiger partial charge is 0.257 e. The topological polar surface area (TPSA) is 46.9 Å². The second-order valence-corrected chi connectivity index (χ2v) is 6.05. The lowest BCUT2D eigenvalue weighted by molar-refractivity contribution is 0.102. The average Bonchev–Trinajstić information content (AvgIpc) is 3.23. The number of anilines is 1. The van der Waals surface area contributed by atoms with E-state index in [9.17, 15) is 4.79 Å². The lowest BCUT2D eigenvalue weighted by atomic mass is 10.2. The second-order valence-electron chi connectivity index (χ2n) is 5.66. The number of halogens is 1. The van der Waals surface area contributed by atoms with Crippen molar-refractivity contribution in [3.8, 4) is 0 Å². The summed E-state index contributed by atoms with van der Waals surface area (Å²) in [7, 11) is 0. The number of carbonyl (C=O) groups excluding carboxylic acids is 1. The van der Waals surface area contributed by atoms with Crippen molar-refractivity contribution < 1.29 is 4.79 Å². The van der Waals surface area contributed by atoms with Gasteiger partial charge < -0.3 is 9.88 Å². The number of nitrogens with one attached hydrogen (secondary N) is 1. The van der Waals surface area contributed by atoms with E-state index in [4.69, 9.17) is 11.6 Å². The van der Waals surface area contributed by atoms with Crippen LogP contribution in [0.5, 0.6) is 0 Å². The molecule has 0 bridgehead atoms. The maximum atomic E-state index is 12.4. The first-order valence-corrected chi connectivity index (χ1v) is 7.52. The minimum atomic E-state index is -0.103. The van der Waals surface area contributed by atoms with Gasteiger partial charge in [0.25, 0.3) is 5.91 Å². The maximum Gasteiger partial charge on any atom is 0.257 e. The largest absolute Gasteiger partial charge is 0.348 e. The molecule has 0 aliphatic heterocycles. The number of carbonyl (C=O) groups is 1. The second kappa shape index (κ2) is 5.53. The Hall–Kier alpha value is -1.81. The Kier molecular flexibility index (Phi) is 3.72. The van der Waals surface area contributed by atoms with Crippen molar-refractivity contribution in [2.24, 2.45) is 5.92 Å². The monoisotopic (exact) mass is 303 g/mol. The molecule has 4 nitrogen and oxygen atoms in total. The van der Waals surface area contributed by atoms with E-state index < -0.39 is 0 Å². The zero-order chi connectivity index (χ0) is 15.0. The van der Waals surface area contributed by atoms with Crippen LogP contribution in [0.25, 0.3) is 0 Å². The Morgan fingerprint density at radius 2 is 2.19 bits per heavy atom. The van der Waals surface area contributed by atoms with Crippen LogP contribution in [0.2, 0.25) is 5.15 Å².